The smallest absolute Gasteiger partial charge is 0.238 e. The number of benzene rings is 1. The molecule has 1 saturated carbocycles. The Balaban J connectivity index is 1.52. The van der Waals surface area contributed by atoms with E-state index in [9.17, 15) is 9.59 Å². The molecule has 23 heavy (non-hydrogen) atoms. The number of rotatable bonds is 5. The summed E-state index contributed by atoms with van der Waals surface area (Å²) >= 11 is 0. The molecule has 4 atom stereocenters. The van der Waals surface area contributed by atoms with Gasteiger partial charge in [0.05, 0.1) is 24.1 Å². The molecule has 1 heterocycles. The molecule has 0 radical (unpaired) electrons. The number of fused-ring (bicyclic) bond motifs is 5. The second-order valence-electron chi connectivity index (χ2n) is 6.71. The van der Waals surface area contributed by atoms with Crippen molar-refractivity contribution in [1.82, 2.24) is 0 Å². The van der Waals surface area contributed by atoms with Crippen LogP contribution in [0.2, 0.25) is 0 Å². The zero-order chi connectivity index (χ0) is 16.0. The molecule has 0 unspecified atom stereocenters. The van der Waals surface area contributed by atoms with Crippen molar-refractivity contribution < 1.29 is 14.3 Å². The third-order valence-electron chi connectivity index (χ3n) is 5.33. The third-order valence-corrected chi connectivity index (χ3v) is 5.33. The minimum absolute atomic E-state index is 0.0310. The monoisotopic (exact) mass is 311 g/mol. The van der Waals surface area contributed by atoms with Crippen molar-refractivity contribution in [2.75, 3.05) is 11.5 Å². The topological polar surface area (TPSA) is 46.6 Å². The number of carbonyl (C=O) groups is 2. The fourth-order valence-electron chi connectivity index (χ4n) is 4.18. The van der Waals surface area contributed by atoms with Crippen LogP contribution in [0.1, 0.15) is 26.2 Å². The van der Waals surface area contributed by atoms with Gasteiger partial charge >= 0.3 is 0 Å². The standard InChI is InChI=1S/C19H21NO3/c1-2-3-10-23-15-8-6-14(7-9-15)20-18(21)16-12-4-5-13(11-12)17(16)19(20)22/h4-9,12-13,16-17H,2-3,10-11H2,1H3/t12-,13+,16-,17-/m0/s1. The summed E-state index contributed by atoms with van der Waals surface area (Å²) in [7, 11) is 0. The first-order valence-electron chi connectivity index (χ1n) is 8.49. The van der Waals surface area contributed by atoms with Gasteiger partial charge in [0.2, 0.25) is 11.8 Å². The molecule has 2 bridgehead atoms. The van der Waals surface area contributed by atoms with Gasteiger partial charge < -0.3 is 4.74 Å². The van der Waals surface area contributed by atoms with Crippen LogP contribution in [-0.4, -0.2) is 18.4 Å². The van der Waals surface area contributed by atoms with E-state index in [1.165, 1.54) is 4.90 Å². The summed E-state index contributed by atoms with van der Waals surface area (Å²) in [5.74, 6) is 0.943. The number of unbranched alkanes of at least 4 members (excludes halogenated alkanes) is 1. The largest absolute Gasteiger partial charge is 0.494 e. The van der Waals surface area contributed by atoms with Gasteiger partial charge in [0.25, 0.3) is 0 Å². The number of carbonyl (C=O) groups excluding carboxylic acids is 2. The van der Waals surface area contributed by atoms with Crippen molar-refractivity contribution in [1.29, 1.82) is 0 Å². The van der Waals surface area contributed by atoms with Crippen LogP contribution in [-0.2, 0) is 9.59 Å². The van der Waals surface area contributed by atoms with E-state index in [-0.39, 0.29) is 35.5 Å². The zero-order valence-electron chi connectivity index (χ0n) is 13.3. The van der Waals surface area contributed by atoms with E-state index in [1.807, 2.05) is 24.3 Å². The second-order valence-corrected chi connectivity index (χ2v) is 6.71. The number of imide groups is 1. The Morgan fingerprint density at radius 3 is 2.22 bits per heavy atom. The van der Waals surface area contributed by atoms with Gasteiger partial charge in [-0.15, -0.1) is 0 Å². The number of ether oxygens (including phenoxy) is 1. The molecule has 4 heteroatoms. The van der Waals surface area contributed by atoms with Crippen LogP contribution in [0.5, 0.6) is 5.75 Å². The highest BCUT2D eigenvalue weighted by Gasteiger charge is 2.59. The second kappa shape index (κ2) is 5.52. The predicted molar refractivity (Wildman–Crippen MR) is 87.1 cm³/mol. The van der Waals surface area contributed by atoms with E-state index in [4.69, 9.17) is 4.74 Å². The van der Waals surface area contributed by atoms with E-state index in [0.717, 1.165) is 25.0 Å². The van der Waals surface area contributed by atoms with Crippen LogP contribution in [0.4, 0.5) is 5.69 Å². The quantitative estimate of drug-likeness (QED) is 0.477. The van der Waals surface area contributed by atoms with Gasteiger partial charge in [0, 0.05) is 0 Å². The molecule has 120 valence electrons. The Hall–Kier alpha value is -2.10. The van der Waals surface area contributed by atoms with Crippen LogP contribution in [0.25, 0.3) is 0 Å². The number of hydrogen-bond acceptors (Lipinski definition) is 3. The van der Waals surface area contributed by atoms with Crippen LogP contribution < -0.4 is 9.64 Å². The predicted octanol–water partition coefficient (Wildman–Crippen LogP) is 3.18. The highest BCUT2D eigenvalue weighted by molar-refractivity contribution is 6.22. The van der Waals surface area contributed by atoms with Gasteiger partial charge in [-0.05, 0) is 48.9 Å². The fraction of sp³-hybridized carbons (Fsp3) is 0.474. The van der Waals surface area contributed by atoms with Crippen LogP contribution >= 0.6 is 0 Å². The number of allylic oxidation sites excluding steroid dienone is 2. The lowest BCUT2D eigenvalue weighted by Gasteiger charge is -2.17. The molecule has 0 N–H and O–H groups in total. The molecule has 2 aliphatic carbocycles. The van der Waals surface area contributed by atoms with Crippen molar-refractivity contribution >= 4 is 17.5 Å². The summed E-state index contributed by atoms with van der Waals surface area (Å²) in [4.78, 5) is 26.8. The normalized spacial score (nSPS) is 31.1. The maximum atomic E-state index is 12.7. The molecular weight excluding hydrogens is 290 g/mol. The van der Waals surface area contributed by atoms with Crippen molar-refractivity contribution in [3.8, 4) is 5.75 Å². The van der Waals surface area contributed by atoms with E-state index in [1.54, 1.807) is 0 Å². The molecule has 2 amide bonds. The van der Waals surface area contributed by atoms with Gasteiger partial charge in [0.1, 0.15) is 5.75 Å². The first-order valence-corrected chi connectivity index (χ1v) is 8.49. The SMILES string of the molecule is CCCCOc1ccc(N2C(=O)[C@@H]3[C@@H](C2=O)[C@H]2C=C[C@@H]3C2)cc1. The van der Waals surface area contributed by atoms with E-state index in [0.29, 0.717) is 12.3 Å². The summed E-state index contributed by atoms with van der Waals surface area (Å²) in [5.41, 5.74) is 0.664. The molecule has 1 saturated heterocycles. The Morgan fingerprint density at radius 1 is 1.04 bits per heavy atom. The summed E-state index contributed by atoms with van der Waals surface area (Å²) in [6, 6.07) is 7.31. The lowest BCUT2D eigenvalue weighted by Crippen LogP contribution is -2.32. The number of anilines is 1. The van der Waals surface area contributed by atoms with E-state index >= 15 is 0 Å². The summed E-state index contributed by atoms with van der Waals surface area (Å²) in [6.45, 7) is 2.81. The van der Waals surface area contributed by atoms with Gasteiger partial charge in [0.15, 0.2) is 0 Å². The van der Waals surface area contributed by atoms with Crippen LogP contribution in [0.15, 0.2) is 36.4 Å². The van der Waals surface area contributed by atoms with Crippen LogP contribution in [0, 0.1) is 23.7 Å². The van der Waals surface area contributed by atoms with Crippen LogP contribution in [0.3, 0.4) is 0 Å². The maximum Gasteiger partial charge on any atom is 0.238 e. The zero-order valence-corrected chi connectivity index (χ0v) is 13.3. The van der Waals surface area contributed by atoms with Gasteiger partial charge in [-0.25, -0.2) is 0 Å². The minimum atomic E-state index is -0.141. The highest BCUT2D eigenvalue weighted by atomic mass is 16.5. The Bertz CT molecular complexity index is 634. The molecule has 1 aromatic carbocycles. The molecule has 4 nitrogen and oxygen atoms in total. The molecule has 3 aliphatic rings. The Labute approximate surface area is 136 Å². The lowest BCUT2D eigenvalue weighted by molar-refractivity contribution is -0.123. The molecule has 0 aromatic heterocycles. The molecule has 0 spiro atoms. The summed E-state index contributed by atoms with van der Waals surface area (Å²) in [6.07, 6.45) is 7.30. The molecule has 4 rings (SSSR count). The van der Waals surface area contributed by atoms with Crippen molar-refractivity contribution in [2.45, 2.75) is 26.2 Å². The Kier molecular flexibility index (Phi) is 3.47. The first kappa shape index (κ1) is 14.5. The lowest BCUT2D eigenvalue weighted by atomic mass is 9.85. The van der Waals surface area contributed by atoms with Crippen molar-refractivity contribution in [3.63, 3.8) is 0 Å². The van der Waals surface area contributed by atoms with Crippen molar-refractivity contribution in [2.24, 2.45) is 23.7 Å². The Morgan fingerprint density at radius 2 is 1.65 bits per heavy atom. The first-order chi connectivity index (χ1) is 11.2. The third kappa shape index (κ3) is 2.19. The van der Waals surface area contributed by atoms with Gasteiger partial charge in [-0.1, -0.05) is 25.5 Å². The number of hydrogen-bond donors (Lipinski definition) is 0. The minimum Gasteiger partial charge on any atom is -0.494 e. The van der Waals surface area contributed by atoms with Gasteiger partial charge in [-0.3, -0.25) is 14.5 Å². The van der Waals surface area contributed by atoms with E-state index < -0.39 is 0 Å². The molecule has 1 aliphatic heterocycles. The van der Waals surface area contributed by atoms with Crippen molar-refractivity contribution in [3.05, 3.63) is 36.4 Å². The maximum absolute atomic E-state index is 12.7. The molecular formula is C19H21NO3. The number of nitrogens with zero attached hydrogens (tertiary/aromatic N) is 1. The fourth-order valence-corrected chi connectivity index (χ4v) is 4.18. The average molecular weight is 311 g/mol. The van der Waals surface area contributed by atoms with E-state index in [2.05, 4.69) is 19.1 Å². The summed E-state index contributed by atoms with van der Waals surface area (Å²) < 4.78 is 5.64. The number of amides is 2. The summed E-state index contributed by atoms with van der Waals surface area (Å²) in [5, 5.41) is 0. The van der Waals surface area contributed by atoms with Gasteiger partial charge in [-0.2, -0.15) is 0 Å². The molecule has 2 fully saturated rings. The highest BCUT2D eigenvalue weighted by Crippen LogP contribution is 2.53. The average Bonchev–Trinajstić information content (AvgIpc) is 3.23. The molecule has 1 aromatic rings.